The Labute approximate surface area is 78.8 Å². The highest BCUT2D eigenvalue weighted by molar-refractivity contribution is 7.67. The molecule has 0 saturated heterocycles. The van der Waals surface area contributed by atoms with Gasteiger partial charge in [-0.1, -0.05) is 36.4 Å². The van der Waals surface area contributed by atoms with Gasteiger partial charge in [0.15, 0.2) is 0 Å². The largest absolute Gasteiger partial charge is 0.260 e. The van der Waals surface area contributed by atoms with Crippen LogP contribution in [0, 0.1) is 0 Å². The molecule has 3 nitrogen and oxygen atoms in total. The minimum atomic E-state index is -2.84. The Bertz CT molecular complexity index is 335. The minimum absolute atomic E-state index is 0.581. The van der Waals surface area contributed by atoms with Gasteiger partial charge in [0.1, 0.15) is 6.10 Å². The molecule has 13 heavy (non-hydrogen) atoms. The van der Waals surface area contributed by atoms with E-state index in [0.717, 1.165) is 5.56 Å². The van der Waals surface area contributed by atoms with Gasteiger partial charge in [-0.05, 0) is 5.56 Å². The molecule has 1 unspecified atom stereocenters. The van der Waals surface area contributed by atoms with Gasteiger partial charge in [0.05, 0.1) is 0 Å². The minimum Gasteiger partial charge on any atom is -0.260 e. The standard InChI is InChI=1S/C9H10O3S/c1-2-9(12-13(10)11)8-6-4-3-5-7-8/h2-7,9,13H,1H2. The van der Waals surface area contributed by atoms with Crippen molar-refractivity contribution in [2.45, 2.75) is 6.10 Å². The summed E-state index contributed by atoms with van der Waals surface area (Å²) in [5.74, 6) is 0. The van der Waals surface area contributed by atoms with Crippen molar-refractivity contribution >= 4 is 11.0 Å². The van der Waals surface area contributed by atoms with Crippen LogP contribution in [0.25, 0.3) is 0 Å². The molecule has 70 valence electrons. The van der Waals surface area contributed by atoms with Crippen molar-refractivity contribution < 1.29 is 12.6 Å². The zero-order valence-corrected chi connectivity index (χ0v) is 7.81. The van der Waals surface area contributed by atoms with E-state index in [1.165, 1.54) is 6.08 Å². The predicted octanol–water partition coefficient (Wildman–Crippen LogP) is 1.46. The lowest BCUT2D eigenvalue weighted by Gasteiger charge is -2.08. The lowest BCUT2D eigenvalue weighted by Crippen LogP contribution is -1.99. The highest BCUT2D eigenvalue weighted by atomic mass is 32.2. The maximum atomic E-state index is 10.3. The summed E-state index contributed by atoms with van der Waals surface area (Å²) in [4.78, 5) is 0. The van der Waals surface area contributed by atoms with Crippen molar-refractivity contribution in [3.8, 4) is 0 Å². The molecule has 0 bridgehead atoms. The Morgan fingerprint density at radius 3 is 2.38 bits per heavy atom. The van der Waals surface area contributed by atoms with Crippen LogP contribution in [0.2, 0.25) is 0 Å². The van der Waals surface area contributed by atoms with Crippen LogP contribution in [0.1, 0.15) is 11.7 Å². The number of hydrogen-bond donors (Lipinski definition) is 1. The molecule has 0 aliphatic heterocycles. The monoisotopic (exact) mass is 198 g/mol. The number of thiol groups is 1. The highest BCUT2D eigenvalue weighted by Crippen LogP contribution is 2.17. The van der Waals surface area contributed by atoms with Crippen molar-refractivity contribution in [3.63, 3.8) is 0 Å². The molecular weight excluding hydrogens is 188 g/mol. The van der Waals surface area contributed by atoms with E-state index >= 15 is 0 Å². The van der Waals surface area contributed by atoms with Crippen LogP contribution in [0.3, 0.4) is 0 Å². The summed E-state index contributed by atoms with van der Waals surface area (Å²) in [7, 11) is -2.84. The molecule has 0 heterocycles. The zero-order chi connectivity index (χ0) is 9.68. The smallest absolute Gasteiger partial charge is 0.258 e. The van der Waals surface area contributed by atoms with Gasteiger partial charge >= 0.3 is 0 Å². The Morgan fingerprint density at radius 2 is 1.92 bits per heavy atom. The summed E-state index contributed by atoms with van der Waals surface area (Å²) >= 11 is 0. The van der Waals surface area contributed by atoms with Crippen LogP contribution >= 0.6 is 0 Å². The fourth-order valence-corrected chi connectivity index (χ4v) is 1.37. The molecule has 0 spiro atoms. The maximum Gasteiger partial charge on any atom is 0.258 e. The Morgan fingerprint density at radius 1 is 1.31 bits per heavy atom. The molecule has 1 aromatic rings. The van der Waals surface area contributed by atoms with Crippen molar-refractivity contribution in [1.29, 1.82) is 0 Å². The fourth-order valence-electron chi connectivity index (χ4n) is 0.975. The second-order valence-corrected chi connectivity index (χ2v) is 3.05. The second kappa shape index (κ2) is 4.79. The third-order valence-corrected chi connectivity index (χ3v) is 1.94. The van der Waals surface area contributed by atoms with E-state index in [2.05, 4.69) is 10.8 Å². The number of benzene rings is 1. The SMILES string of the molecule is C=CC(O[SH](=O)=O)c1ccccc1. The first-order valence-electron chi connectivity index (χ1n) is 3.72. The summed E-state index contributed by atoms with van der Waals surface area (Å²) in [6.07, 6.45) is 0.864. The lowest BCUT2D eigenvalue weighted by molar-refractivity contribution is 0.274. The van der Waals surface area contributed by atoms with E-state index in [4.69, 9.17) is 0 Å². The van der Waals surface area contributed by atoms with E-state index in [0.29, 0.717) is 0 Å². The van der Waals surface area contributed by atoms with E-state index in [-0.39, 0.29) is 0 Å². The van der Waals surface area contributed by atoms with Crippen molar-refractivity contribution in [2.75, 3.05) is 0 Å². The van der Waals surface area contributed by atoms with Gasteiger partial charge < -0.3 is 0 Å². The van der Waals surface area contributed by atoms with Crippen LogP contribution < -0.4 is 0 Å². The molecule has 0 aromatic heterocycles. The molecule has 4 heteroatoms. The van der Waals surface area contributed by atoms with Crippen molar-refractivity contribution in [2.24, 2.45) is 0 Å². The average molecular weight is 198 g/mol. The number of rotatable bonds is 4. The summed E-state index contributed by atoms with van der Waals surface area (Å²) < 4.78 is 25.2. The van der Waals surface area contributed by atoms with E-state index in [1.54, 1.807) is 12.1 Å². The van der Waals surface area contributed by atoms with Gasteiger partial charge in [0, 0.05) is 0 Å². The molecule has 0 saturated carbocycles. The highest BCUT2D eigenvalue weighted by Gasteiger charge is 2.07. The molecule has 1 aromatic carbocycles. The van der Waals surface area contributed by atoms with Crippen molar-refractivity contribution in [1.82, 2.24) is 0 Å². The van der Waals surface area contributed by atoms with Crippen LogP contribution in [0.4, 0.5) is 0 Å². The van der Waals surface area contributed by atoms with E-state index in [1.807, 2.05) is 18.2 Å². The third kappa shape index (κ3) is 3.01. The molecular formula is C9H10O3S. The molecule has 0 aliphatic rings. The molecule has 1 atom stereocenters. The molecule has 0 aliphatic carbocycles. The van der Waals surface area contributed by atoms with Crippen LogP contribution in [-0.4, -0.2) is 8.42 Å². The van der Waals surface area contributed by atoms with Gasteiger partial charge in [-0.3, -0.25) is 4.18 Å². The molecule has 0 fully saturated rings. The summed E-state index contributed by atoms with van der Waals surface area (Å²) in [6.45, 7) is 3.50. The first kappa shape index (κ1) is 9.95. The topological polar surface area (TPSA) is 43.4 Å². The van der Waals surface area contributed by atoms with E-state index in [9.17, 15) is 8.42 Å². The first-order valence-corrected chi connectivity index (χ1v) is 4.82. The first-order chi connectivity index (χ1) is 6.24. The van der Waals surface area contributed by atoms with E-state index < -0.39 is 17.1 Å². The van der Waals surface area contributed by atoms with Gasteiger partial charge in [-0.2, -0.15) is 0 Å². The quantitative estimate of drug-likeness (QED) is 0.588. The van der Waals surface area contributed by atoms with Gasteiger partial charge in [0.2, 0.25) is 0 Å². The number of hydrogen-bond acceptors (Lipinski definition) is 3. The molecule has 0 N–H and O–H groups in total. The van der Waals surface area contributed by atoms with Crippen LogP contribution in [-0.2, 0) is 15.2 Å². The van der Waals surface area contributed by atoms with Gasteiger partial charge in [-0.15, -0.1) is 6.58 Å². The molecule has 0 amide bonds. The second-order valence-electron chi connectivity index (χ2n) is 2.40. The molecule has 0 radical (unpaired) electrons. The Kier molecular flexibility index (Phi) is 3.67. The lowest BCUT2D eigenvalue weighted by atomic mass is 10.1. The normalized spacial score (nSPS) is 12.7. The van der Waals surface area contributed by atoms with Gasteiger partial charge in [0.25, 0.3) is 11.0 Å². The third-order valence-electron chi connectivity index (χ3n) is 1.54. The Balaban J connectivity index is 2.84. The fraction of sp³-hybridized carbons (Fsp3) is 0.111. The predicted molar refractivity (Wildman–Crippen MR) is 50.8 cm³/mol. The Hall–Kier alpha value is -1.13. The zero-order valence-electron chi connectivity index (χ0n) is 6.92. The maximum absolute atomic E-state index is 10.3. The van der Waals surface area contributed by atoms with Crippen LogP contribution in [0.15, 0.2) is 43.0 Å². The summed E-state index contributed by atoms with van der Waals surface area (Å²) in [5.41, 5.74) is 0.775. The summed E-state index contributed by atoms with van der Waals surface area (Å²) in [6, 6.07) is 9.04. The average Bonchev–Trinajstić information content (AvgIpc) is 2.15. The van der Waals surface area contributed by atoms with Crippen molar-refractivity contribution in [3.05, 3.63) is 48.6 Å². The van der Waals surface area contributed by atoms with Crippen LogP contribution in [0.5, 0.6) is 0 Å². The van der Waals surface area contributed by atoms with Gasteiger partial charge in [-0.25, -0.2) is 8.42 Å². The summed E-state index contributed by atoms with van der Waals surface area (Å²) in [5, 5.41) is 0. The molecule has 1 rings (SSSR count).